The van der Waals surface area contributed by atoms with Crippen LogP contribution in [0.25, 0.3) is 11.0 Å². The summed E-state index contributed by atoms with van der Waals surface area (Å²) in [4.78, 5) is 25.8. The average Bonchev–Trinajstić information content (AvgIpc) is 2.81. The second-order valence-electron chi connectivity index (χ2n) is 7.89. The largest absolute Gasteiger partial charge is 0.394 e. The van der Waals surface area contributed by atoms with E-state index in [0.717, 1.165) is 16.4 Å². The summed E-state index contributed by atoms with van der Waals surface area (Å²) in [5.41, 5.74) is 0.679. The summed E-state index contributed by atoms with van der Waals surface area (Å²) in [5.74, 6) is -0.205. The molecule has 0 aliphatic carbocycles. The first kappa shape index (κ1) is 21.2. The Balaban J connectivity index is 2.57. The van der Waals surface area contributed by atoms with Crippen LogP contribution in [0.15, 0.2) is 23.0 Å². The van der Waals surface area contributed by atoms with Crippen molar-refractivity contribution in [3.63, 3.8) is 0 Å². The van der Waals surface area contributed by atoms with E-state index in [0.29, 0.717) is 11.0 Å². The highest BCUT2D eigenvalue weighted by molar-refractivity contribution is 7.90. The molecule has 0 aliphatic rings. The van der Waals surface area contributed by atoms with E-state index < -0.39 is 33.0 Å². The van der Waals surface area contributed by atoms with E-state index in [1.165, 1.54) is 4.57 Å². The zero-order valence-corrected chi connectivity index (χ0v) is 17.1. The molecule has 8 nitrogen and oxygen atoms in total. The number of fused-ring (bicyclic) bond motifs is 1. The summed E-state index contributed by atoms with van der Waals surface area (Å²) < 4.78 is 25.4. The lowest BCUT2D eigenvalue weighted by atomic mass is 9.87. The van der Waals surface area contributed by atoms with Crippen molar-refractivity contribution in [3.8, 4) is 0 Å². The van der Waals surface area contributed by atoms with Crippen molar-refractivity contribution in [2.45, 2.75) is 40.3 Å². The van der Waals surface area contributed by atoms with Gasteiger partial charge in [-0.05, 0) is 24.0 Å². The maximum atomic E-state index is 12.9. The maximum absolute atomic E-state index is 12.9. The van der Waals surface area contributed by atoms with Gasteiger partial charge in [-0.15, -0.1) is 0 Å². The van der Waals surface area contributed by atoms with Gasteiger partial charge in [0.2, 0.25) is 0 Å². The lowest BCUT2D eigenvalue weighted by Crippen LogP contribution is -2.49. The number of hydrogen-bond acceptors (Lipinski definition) is 5. The van der Waals surface area contributed by atoms with Gasteiger partial charge in [0.15, 0.2) is 0 Å². The van der Waals surface area contributed by atoms with Gasteiger partial charge >= 0.3 is 11.7 Å². The first-order valence-electron chi connectivity index (χ1n) is 8.67. The van der Waals surface area contributed by atoms with Crippen LogP contribution in [-0.2, 0) is 16.4 Å². The van der Waals surface area contributed by atoms with E-state index in [1.807, 2.05) is 20.8 Å². The van der Waals surface area contributed by atoms with Gasteiger partial charge < -0.3 is 10.4 Å². The first-order chi connectivity index (χ1) is 12.4. The number of amides is 1. The number of carbonyl (C=O) groups is 1. The Bertz CT molecular complexity index is 1010. The molecule has 1 aromatic heterocycles. The van der Waals surface area contributed by atoms with Crippen LogP contribution >= 0.6 is 0 Å². The minimum atomic E-state index is -3.28. The number of aliphatic hydroxyl groups is 1. The van der Waals surface area contributed by atoms with E-state index >= 15 is 0 Å². The van der Waals surface area contributed by atoms with Crippen LogP contribution < -0.4 is 11.0 Å². The molecule has 0 unspecified atom stereocenters. The smallest absolute Gasteiger partial charge is 0.337 e. The Morgan fingerprint density at radius 3 is 2.44 bits per heavy atom. The molecule has 0 aliphatic heterocycles. The van der Waals surface area contributed by atoms with E-state index in [-0.39, 0.29) is 18.9 Å². The molecule has 2 N–H and O–H groups in total. The van der Waals surface area contributed by atoms with Crippen LogP contribution in [0.1, 0.15) is 26.3 Å². The SMILES string of the molecule is Cc1cccc2c1n(CCS(C)(=O)=O)c(=O)n2C(=O)N[C@@H](CO)C(C)(C)C. The topological polar surface area (TPSA) is 110 Å². The molecule has 0 saturated carbocycles. The number of aromatic nitrogens is 2. The number of nitrogens with zero attached hydrogens (tertiary/aromatic N) is 2. The van der Waals surface area contributed by atoms with Gasteiger partial charge in [-0.3, -0.25) is 4.57 Å². The molecule has 0 spiro atoms. The zero-order valence-electron chi connectivity index (χ0n) is 16.3. The quantitative estimate of drug-likeness (QED) is 0.786. The summed E-state index contributed by atoms with van der Waals surface area (Å²) in [6.07, 6.45) is 1.10. The van der Waals surface area contributed by atoms with Crippen LogP contribution in [0, 0.1) is 12.3 Å². The van der Waals surface area contributed by atoms with Gasteiger partial charge in [0.25, 0.3) is 0 Å². The third-order valence-electron chi connectivity index (χ3n) is 4.56. The summed E-state index contributed by atoms with van der Waals surface area (Å²) in [6.45, 7) is 7.10. The fourth-order valence-electron chi connectivity index (χ4n) is 2.90. The Morgan fingerprint density at radius 2 is 1.93 bits per heavy atom. The summed E-state index contributed by atoms with van der Waals surface area (Å²) in [6, 6.07) is 3.98. The zero-order chi connectivity index (χ0) is 20.6. The molecule has 0 saturated heterocycles. The minimum Gasteiger partial charge on any atom is -0.394 e. The molecule has 2 aromatic rings. The molecule has 1 amide bonds. The van der Waals surface area contributed by atoms with Crippen LogP contribution in [0.5, 0.6) is 0 Å². The highest BCUT2D eigenvalue weighted by Crippen LogP contribution is 2.20. The monoisotopic (exact) mass is 397 g/mol. The number of aryl methyl sites for hydroxylation is 2. The second-order valence-corrected chi connectivity index (χ2v) is 10.2. The summed E-state index contributed by atoms with van der Waals surface area (Å²) >= 11 is 0. The van der Waals surface area contributed by atoms with Crippen molar-refractivity contribution >= 4 is 26.9 Å². The lowest BCUT2D eigenvalue weighted by Gasteiger charge is -2.29. The predicted molar refractivity (Wildman–Crippen MR) is 105 cm³/mol. The number of hydrogen-bond donors (Lipinski definition) is 2. The van der Waals surface area contributed by atoms with Gasteiger partial charge in [-0.25, -0.2) is 22.6 Å². The van der Waals surface area contributed by atoms with Gasteiger partial charge in [0.1, 0.15) is 9.84 Å². The molecule has 2 rings (SSSR count). The number of aliphatic hydroxyl groups excluding tert-OH is 1. The van der Waals surface area contributed by atoms with Crippen molar-refractivity contribution in [1.29, 1.82) is 0 Å². The predicted octanol–water partition coefficient (Wildman–Crippen LogP) is 1.12. The Kier molecular flexibility index (Phi) is 5.86. The molecule has 27 heavy (non-hydrogen) atoms. The van der Waals surface area contributed by atoms with Gasteiger partial charge in [-0.1, -0.05) is 32.9 Å². The molecule has 0 bridgehead atoms. The summed E-state index contributed by atoms with van der Waals surface area (Å²) in [7, 11) is -3.28. The highest BCUT2D eigenvalue weighted by Gasteiger charge is 2.28. The van der Waals surface area contributed by atoms with Crippen LogP contribution in [-0.4, -0.2) is 53.3 Å². The number of carbonyl (C=O) groups excluding carboxylic acids is 1. The average molecular weight is 397 g/mol. The first-order valence-corrected chi connectivity index (χ1v) is 10.7. The maximum Gasteiger partial charge on any atom is 0.337 e. The molecular weight excluding hydrogens is 370 g/mol. The third-order valence-corrected chi connectivity index (χ3v) is 5.49. The standard InChI is InChI=1S/C18H27N3O5S/c1-12-7-6-8-13-15(12)20(9-10-27(5,25)26)17(24)21(13)16(23)19-14(11-22)18(2,3)4/h6-8,14,22H,9-11H2,1-5H3,(H,19,23)/t14-/m0/s1. The lowest BCUT2D eigenvalue weighted by molar-refractivity contribution is 0.159. The summed E-state index contributed by atoms with van der Waals surface area (Å²) in [5, 5.41) is 12.3. The molecule has 1 aromatic carbocycles. The number of nitrogens with one attached hydrogen (secondary N) is 1. The fraction of sp³-hybridized carbons (Fsp3) is 0.556. The van der Waals surface area contributed by atoms with E-state index in [4.69, 9.17) is 0 Å². The highest BCUT2D eigenvalue weighted by atomic mass is 32.2. The van der Waals surface area contributed by atoms with Crippen molar-refractivity contribution in [1.82, 2.24) is 14.5 Å². The number of para-hydroxylation sites is 1. The Morgan fingerprint density at radius 1 is 1.30 bits per heavy atom. The van der Waals surface area contributed by atoms with Crippen molar-refractivity contribution in [2.24, 2.45) is 5.41 Å². The molecule has 1 heterocycles. The Hall–Kier alpha value is -2.13. The molecular formula is C18H27N3O5S. The van der Waals surface area contributed by atoms with Gasteiger partial charge in [-0.2, -0.15) is 0 Å². The minimum absolute atomic E-state index is 0.0397. The van der Waals surface area contributed by atoms with E-state index in [2.05, 4.69) is 5.32 Å². The fourth-order valence-corrected chi connectivity index (χ4v) is 3.42. The van der Waals surface area contributed by atoms with Crippen molar-refractivity contribution in [3.05, 3.63) is 34.2 Å². The van der Waals surface area contributed by atoms with Crippen molar-refractivity contribution < 1.29 is 18.3 Å². The number of sulfone groups is 1. The van der Waals surface area contributed by atoms with E-state index in [9.17, 15) is 23.1 Å². The van der Waals surface area contributed by atoms with Crippen LogP contribution in [0.2, 0.25) is 0 Å². The molecule has 9 heteroatoms. The van der Waals surface area contributed by atoms with Gasteiger partial charge in [0, 0.05) is 12.8 Å². The third kappa shape index (κ3) is 4.59. The molecule has 0 fully saturated rings. The van der Waals surface area contributed by atoms with Crippen LogP contribution in [0.3, 0.4) is 0 Å². The molecule has 150 valence electrons. The normalized spacial score (nSPS) is 13.7. The van der Waals surface area contributed by atoms with Crippen LogP contribution in [0.4, 0.5) is 4.79 Å². The van der Waals surface area contributed by atoms with Gasteiger partial charge in [0.05, 0.1) is 29.4 Å². The number of imidazole rings is 1. The molecule has 0 radical (unpaired) electrons. The Labute approximate surface area is 158 Å². The van der Waals surface area contributed by atoms with E-state index in [1.54, 1.807) is 25.1 Å². The second kappa shape index (κ2) is 7.47. The number of benzene rings is 1. The molecule has 1 atom stereocenters. The van der Waals surface area contributed by atoms with Crippen molar-refractivity contribution in [2.75, 3.05) is 18.6 Å². The number of rotatable bonds is 5.